The predicted octanol–water partition coefficient (Wildman–Crippen LogP) is 18.8. The highest BCUT2D eigenvalue weighted by molar-refractivity contribution is 6.10. The molecule has 0 radical (unpaired) electrons. The van der Waals surface area contributed by atoms with E-state index < -0.39 is 0 Å². The Hall–Kier alpha value is -9.18. The molecule has 3 heteroatoms. The molecule has 13 aromatic carbocycles. The third-order valence-corrected chi connectivity index (χ3v) is 13.6. The molecule has 0 spiro atoms. The van der Waals surface area contributed by atoms with Crippen molar-refractivity contribution < 1.29 is 0 Å². The van der Waals surface area contributed by atoms with Gasteiger partial charge in [-0.2, -0.15) is 0 Å². The summed E-state index contributed by atoms with van der Waals surface area (Å²) in [6.45, 7) is 0. The van der Waals surface area contributed by atoms with Crippen LogP contribution >= 0.6 is 0 Å². The Morgan fingerprint density at radius 1 is 0.159 bits per heavy atom. The molecule has 0 aliphatic rings. The van der Waals surface area contributed by atoms with Crippen LogP contribution in [0.3, 0.4) is 0 Å². The van der Waals surface area contributed by atoms with Crippen LogP contribution in [0.5, 0.6) is 0 Å². The summed E-state index contributed by atoms with van der Waals surface area (Å²) in [5.41, 5.74) is 13.1. The number of benzene rings is 13. The van der Waals surface area contributed by atoms with Gasteiger partial charge >= 0.3 is 0 Å². The molecule has 3 nitrogen and oxygen atoms in total. The van der Waals surface area contributed by atoms with E-state index in [9.17, 15) is 0 Å². The van der Waals surface area contributed by atoms with Crippen LogP contribution in [-0.4, -0.2) is 0 Å². The van der Waals surface area contributed by atoms with Gasteiger partial charge in [-0.05, 0) is 153 Å². The second-order valence-electron chi connectivity index (χ2n) is 18.0. The minimum atomic E-state index is 0.951. The van der Waals surface area contributed by atoms with Crippen LogP contribution in [-0.2, 0) is 0 Å². The van der Waals surface area contributed by atoms with Crippen molar-refractivity contribution in [3.05, 3.63) is 255 Å². The van der Waals surface area contributed by atoms with E-state index in [0.717, 1.165) is 34.1 Å². The average molecular weight is 880 g/mol. The van der Waals surface area contributed by atoms with E-state index in [4.69, 9.17) is 0 Å². The van der Waals surface area contributed by atoms with E-state index in [2.05, 4.69) is 271 Å². The molecular weight excluding hydrogens is 835 g/mol. The van der Waals surface area contributed by atoms with E-state index in [0.29, 0.717) is 0 Å². The molecule has 0 amide bonds. The summed E-state index contributed by atoms with van der Waals surface area (Å²) >= 11 is 0. The van der Waals surface area contributed by atoms with Gasteiger partial charge in [-0.25, -0.2) is 0 Å². The van der Waals surface area contributed by atoms with Crippen molar-refractivity contribution in [2.45, 2.75) is 0 Å². The van der Waals surface area contributed by atoms with Crippen molar-refractivity contribution in [3.8, 4) is 33.4 Å². The Kier molecular flexibility index (Phi) is 9.84. The van der Waals surface area contributed by atoms with E-state index in [1.807, 2.05) is 0 Å². The summed E-state index contributed by atoms with van der Waals surface area (Å²) < 4.78 is 0. The Morgan fingerprint density at radius 3 is 0.667 bits per heavy atom. The lowest BCUT2D eigenvalue weighted by atomic mass is 9.93. The van der Waals surface area contributed by atoms with E-state index >= 15 is 0 Å². The molecule has 324 valence electrons. The van der Waals surface area contributed by atoms with Gasteiger partial charge in [0.05, 0.1) is 0 Å². The lowest BCUT2D eigenvalue weighted by Crippen LogP contribution is -1.99. The SMILES string of the molecule is c1ccc2c(-c3cc(Nc4cc(Nc5cc(-c6cccc7ccccc67)c6ccccc6c5)cc(Nc5cc(-c6cccc7ccccc67)c6ccccc6c5)c4)cc4ccccc34)cccc2c1. The topological polar surface area (TPSA) is 36.1 Å². The van der Waals surface area contributed by atoms with Gasteiger partial charge in [-0.15, -0.1) is 0 Å². The predicted molar refractivity (Wildman–Crippen MR) is 297 cm³/mol. The molecule has 0 heterocycles. The highest BCUT2D eigenvalue weighted by atomic mass is 14.9. The van der Waals surface area contributed by atoms with Crippen molar-refractivity contribution in [3.63, 3.8) is 0 Å². The smallest absolute Gasteiger partial charge is 0.0425 e. The maximum absolute atomic E-state index is 3.90. The van der Waals surface area contributed by atoms with Gasteiger partial charge in [0.1, 0.15) is 0 Å². The first-order chi connectivity index (χ1) is 34.1. The highest BCUT2D eigenvalue weighted by Crippen LogP contribution is 2.42. The lowest BCUT2D eigenvalue weighted by molar-refractivity contribution is 1.50. The van der Waals surface area contributed by atoms with Gasteiger partial charge in [0.2, 0.25) is 0 Å². The number of hydrogen-bond donors (Lipinski definition) is 3. The number of anilines is 6. The Labute approximate surface area is 401 Å². The number of fused-ring (bicyclic) bond motifs is 6. The molecular formula is C66H45N3. The maximum Gasteiger partial charge on any atom is 0.0425 e. The fourth-order valence-corrected chi connectivity index (χ4v) is 10.5. The Balaban J connectivity index is 0.957. The first-order valence-corrected chi connectivity index (χ1v) is 23.6. The summed E-state index contributed by atoms with van der Waals surface area (Å²) in [7, 11) is 0. The zero-order valence-corrected chi connectivity index (χ0v) is 37.7. The zero-order chi connectivity index (χ0) is 45.7. The molecule has 3 N–H and O–H groups in total. The van der Waals surface area contributed by atoms with Crippen LogP contribution < -0.4 is 16.0 Å². The van der Waals surface area contributed by atoms with E-state index in [1.165, 1.54) is 98.0 Å². The molecule has 0 bridgehead atoms. The van der Waals surface area contributed by atoms with Crippen LogP contribution in [0, 0.1) is 0 Å². The Morgan fingerprint density at radius 2 is 0.377 bits per heavy atom. The minimum Gasteiger partial charge on any atom is -0.355 e. The van der Waals surface area contributed by atoms with Gasteiger partial charge in [0.25, 0.3) is 0 Å². The summed E-state index contributed by atoms with van der Waals surface area (Å²) in [6, 6.07) is 92.2. The van der Waals surface area contributed by atoms with Crippen LogP contribution in [0.15, 0.2) is 255 Å². The number of hydrogen-bond acceptors (Lipinski definition) is 3. The van der Waals surface area contributed by atoms with Gasteiger partial charge in [-0.3, -0.25) is 0 Å². The second-order valence-corrected chi connectivity index (χ2v) is 18.0. The maximum atomic E-state index is 3.90. The van der Waals surface area contributed by atoms with Gasteiger partial charge in [0.15, 0.2) is 0 Å². The lowest BCUT2D eigenvalue weighted by Gasteiger charge is -2.19. The minimum absolute atomic E-state index is 0.951. The summed E-state index contributed by atoms with van der Waals surface area (Å²) in [4.78, 5) is 0. The molecule has 69 heavy (non-hydrogen) atoms. The molecule has 0 aliphatic heterocycles. The molecule has 13 rings (SSSR count). The standard InChI is InChI=1S/C66H45N3/c1-7-25-55-43(16-1)22-13-31-61(55)64-40-49(34-46-19-4-10-28-58(46)64)67-52-37-53(68-50-35-47-20-5-11-29-59(47)65(41-50)62-32-14-23-44-17-2-8-26-56(44)62)39-54(38-52)69-51-36-48-21-6-12-30-60(48)66(42-51)63-33-15-24-45-18-3-9-27-57(45)63/h1-42,67-69H. The molecule has 0 aromatic heterocycles. The van der Waals surface area contributed by atoms with Gasteiger partial charge < -0.3 is 16.0 Å². The molecule has 0 atom stereocenters. The molecule has 0 saturated carbocycles. The third kappa shape index (κ3) is 7.53. The fourth-order valence-electron chi connectivity index (χ4n) is 10.5. The van der Waals surface area contributed by atoms with Crippen molar-refractivity contribution in [2.75, 3.05) is 16.0 Å². The quantitative estimate of drug-likeness (QED) is 0.135. The highest BCUT2D eigenvalue weighted by Gasteiger charge is 2.15. The Bertz CT molecular complexity index is 3680. The molecule has 13 aromatic rings. The number of rotatable bonds is 9. The van der Waals surface area contributed by atoms with Gasteiger partial charge in [-0.1, -0.05) is 200 Å². The van der Waals surface area contributed by atoms with Crippen molar-refractivity contribution in [2.24, 2.45) is 0 Å². The van der Waals surface area contributed by atoms with Crippen molar-refractivity contribution in [1.29, 1.82) is 0 Å². The fraction of sp³-hybridized carbons (Fsp3) is 0. The summed E-state index contributed by atoms with van der Waals surface area (Å²) in [5, 5.41) is 26.2. The normalized spacial score (nSPS) is 11.5. The van der Waals surface area contributed by atoms with Crippen molar-refractivity contribution in [1.82, 2.24) is 0 Å². The first kappa shape index (κ1) is 40.1. The third-order valence-electron chi connectivity index (χ3n) is 13.6. The number of nitrogens with one attached hydrogen (secondary N) is 3. The van der Waals surface area contributed by atoms with E-state index in [1.54, 1.807) is 0 Å². The molecule has 0 aliphatic carbocycles. The first-order valence-electron chi connectivity index (χ1n) is 23.6. The van der Waals surface area contributed by atoms with Crippen LogP contribution in [0.1, 0.15) is 0 Å². The summed E-state index contributed by atoms with van der Waals surface area (Å²) in [5.74, 6) is 0. The van der Waals surface area contributed by atoms with Crippen LogP contribution in [0.2, 0.25) is 0 Å². The van der Waals surface area contributed by atoms with Gasteiger partial charge in [0, 0.05) is 34.1 Å². The molecule has 0 saturated heterocycles. The second kappa shape index (κ2) is 16.9. The zero-order valence-electron chi connectivity index (χ0n) is 37.7. The van der Waals surface area contributed by atoms with Crippen LogP contribution in [0.4, 0.5) is 34.1 Å². The summed E-state index contributed by atoms with van der Waals surface area (Å²) in [6.07, 6.45) is 0. The van der Waals surface area contributed by atoms with Crippen molar-refractivity contribution >= 4 is 98.8 Å². The average Bonchev–Trinajstić information content (AvgIpc) is 3.39. The van der Waals surface area contributed by atoms with E-state index in [-0.39, 0.29) is 0 Å². The molecule has 0 fully saturated rings. The monoisotopic (exact) mass is 879 g/mol. The molecule has 0 unspecified atom stereocenters. The van der Waals surface area contributed by atoms with Crippen LogP contribution in [0.25, 0.3) is 98.0 Å². The largest absolute Gasteiger partial charge is 0.355 e.